The van der Waals surface area contributed by atoms with Crippen molar-refractivity contribution in [1.29, 1.82) is 0 Å². The number of likely N-dealkylation sites (N-methyl/N-ethyl adjacent to an activating group) is 1. The van der Waals surface area contributed by atoms with Crippen LogP contribution in [0.3, 0.4) is 0 Å². The van der Waals surface area contributed by atoms with Gasteiger partial charge in [-0.15, -0.1) is 11.3 Å². The zero-order valence-corrected chi connectivity index (χ0v) is 17.8. The molecule has 2 aromatic heterocycles. The number of halogens is 2. The van der Waals surface area contributed by atoms with E-state index in [0.717, 1.165) is 34.4 Å². The zero-order valence-electron chi connectivity index (χ0n) is 21.4. The predicted octanol–water partition coefficient (Wildman–Crippen LogP) is 2.55. The largest absolute Gasteiger partial charge is 0.340 e. The molecule has 1 saturated heterocycles. The quantitative estimate of drug-likeness (QED) is 0.584. The van der Waals surface area contributed by atoms with E-state index < -0.39 is 48.0 Å². The number of nitrogens with one attached hydrogen (secondary N) is 2. The summed E-state index contributed by atoms with van der Waals surface area (Å²) in [7, 11) is -4.70. The Kier molecular flexibility index (Phi) is 4.12. The third kappa shape index (κ3) is 4.48. The first-order chi connectivity index (χ1) is 17.1. The molecule has 1 aromatic carbocycles. The maximum Gasteiger partial charge on any atom is 0.280 e. The van der Waals surface area contributed by atoms with Gasteiger partial charge in [0.25, 0.3) is 10.2 Å². The van der Waals surface area contributed by atoms with Crippen LogP contribution in [0.25, 0.3) is 10.6 Å². The number of aryl methyl sites for hydroxylation is 1. The van der Waals surface area contributed by atoms with Gasteiger partial charge in [0.15, 0.2) is 0 Å². The molecule has 2 N–H and O–H groups in total. The lowest BCUT2D eigenvalue weighted by molar-refractivity contribution is -0.120. The highest BCUT2D eigenvalue weighted by atomic mass is 35.5. The molecule has 1 aliphatic rings. The van der Waals surface area contributed by atoms with E-state index in [-0.39, 0.29) is 32.1 Å². The van der Waals surface area contributed by atoms with Crippen molar-refractivity contribution in [2.75, 3.05) is 12.3 Å². The number of hydrogen-bond donors (Lipinski definition) is 2. The Labute approximate surface area is 195 Å². The van der Waals surface area contributed by atoms with E-state index >= 15 is 0 Å². The fraction of sp³-hybridized carbons (Fsp3) is 0.278. The van der Waals surface area contributed by atoms with Crippen LogP contribution in [0.1, 0.15) is 25.7 Å². The van der Waals surface area contributed by atoms with Crippen molar-refractivity contribution in [3.63, 3.8) is 0 Å². The molecular formula is C18H18ClFN6O3S2. The fourth-order valence-electron chi connectivity index (χ4n) is 2.95. The summed E-state index contributed by atoms with van der Waals surface area (Å²) < 4.78 is 88.2. The number of amides is 1. The van der Waals surface area contributed by atoms with Gasteiger partial charge in [0.2, 0.25) is 5.91 Å². The van der Waals surface area contributed by atoms with Crippen molar-refractivity contribution in [2.45, 2.75) is 18.5 Å². The van der Waals surface area contributed by atoms with Crippen LogP contribution in [-0.2, 0) is 22.0 Å². The Balaban J connectivity index is 1.64. The molecule has 31 heavy (non-hydrogen) atoms. The van der Waals surface area contributed by atoms with Crippen molar-refractivity contribution in [1.82, 2.24) is 23.6 Å². The van der Waals surface area contributed by atoms with Gasteiger partial charge in [0.1, 0.15) is 16.9 Å². The van der Waals surface area contributed by atoms with Gasteiger partial charge in [-0.3, -0.25) is 4.79 Å². The molecular weight excluding hydrogens is 467 g/mol. The molecule has 1 fully saturated rings. The molecule has 1 aliphatic heterocycles. The summed E-state index contributed by atoms with van der Waals surface area (Å²) in [6, 6.07) is 0.519. The molecule has 0 spiro atoms. The molecule has 3 aromatic rings. The molecule has 2 atom stereocenters. The summed E-state index contributed by atoms with van der Waals surface area (Å²) >= 11 is 6.73. The summed E-state index contributed by atoms with van der Waals surface area (Å²) in [4.78, 5) is 21.8. The molecule has 0 saturated carbocycles. The summed E-state index contributed by atoms with van der Waals surface area (Å²) in [6.07, 6.45) is 3.47. The van der Waals surface area contributed by atoms with Crippen LogP contribution in [0.2, 0.25) is 5.02 Å². The number of imidazole rings is 1. The highest BCUT2D eigenvalue weighted by Crippen LogP contribution is 2.34. The van der Waals surface area contributed by atoms with Crippen molar-refractivity contribution in [2.24, 2.45) is 6.98 Å². The monoisotopic (exact) mass is 490 g/mol. The second-order valence-corrected chi connectivity index (χ2v) is 9.62. The van der Waals surface area contributed by atoms with Gasteiger partial charge in [-0.2, -0.15) is 17.4 Å². The lowest BCUT2D eigenvalue weighted by Gasteiger charge is -2.35. The van der Waals surface area contributed by atoms with E-state index in [1.165, 1.54) is 18.5 Å². The molecule has 13 heteroatoms. The third-order valence-electron chi connectivity index (χ3n) is 4.44. The summed E-state index contributed by atoms with van der Waals surface area (Å²) in [5, 5.41) is 2.29. The molecule has 4 rings (SSSR count). The Morgan fingerprint density at radius 1 is 1.42 bits per heavy atom. The minimum Gasteiger partial charge on any atom is -0.340 e. The van der Waals surface area contributed by atoms with E-state index in [0.29, 0.717) is 4.88 Å². The van der Waals surface area contributed by atoms with Gasteiger partial charge in [0.05, 0.1) is 28.0 Å². The van der Waals surface area contributed by atoms with E-state index in [9.17, 15) is 17.6 Å². The Morgan fingerprint density at radius 3 is 2.97 bits per heavy atom. The normalized spacial score (nSPS) is 24.8. The van der Waals surface area contributed by atoms with Crippen LogP contribution in [0.5, 0.6) is 0 Å². The summed E-state index contributed by atoms with van der Waals surface area (Å²) in [6.45, 7) is -5.64. The Morgan fingerprint density at radius 2 is 2.26 bits per heavy atom. The van der Waals surface area contributed by atoms with Gasteiger partial charge < -0.3 is 9.88 Å². The van der Waals surface area contributed by atoms with Crippen molar-refractivity contribution in [3.05, 3.63) is 52.8 Å². The van der Waals surface area contributed by atoms with E-state index in [1.54, 1.807) is 0 Å². The Bertz CT molecular complexity index is 1440. The van der Waals surface area contributed by atoms with E-state index in [4.69, 9.17) is 19.8 Å². The second-order valence-electron chi connectivity index (χ2n) is 6.57. The first kappa shape index (κ1) is 15.4. The number of aromatic nitrogens is 3. The number of hydrogen-bond acceptors (Lipinski definition) is 6. The van der Waals surface area contributed by atoms with Gasteiger partial charge in [-0.25, -0.2) is 14.4 Å². The van der Waals surface area contributed by atoms with Gasteiger partial charge >= 0.3 is 0 Å². The number of carbonyl (C=O) groups is 1. The molecule has 0 bridgehead atoms. The van der Waals surface area contributed by atoms with Crippen LogP contribution in [-0.4, -0.2) is 46.2 Å². The summed E-state index contributed by atoms with van der Waals surface area (Å²) in [5.74, 6) is -1.71. The van der Waals surface area contributed by atoms with Crippen LogP contribution in [0, 0.1) is 5.82 Å². The molecule has 3 heterocycles. The minimum absolute atomic E-state index is 0.0377. The molecule has 1 amide bonds. The highest BCUT2D eigenvalue weighted by molar-refractivity contribution is 7.87. The maximum absolute atomic E-state index is 13.5. The predicted molar refractivity (Wildman–Crippen MR) is 115 cm³/mol. The number of rotatable bonds is 4. The average molecular weight is 491 g/mol. The average Bonchev–Trinajstić information content (AvgIpc) is 3.43. The van der Waals surface area contributed by atoms with Crippen LogP contribution < -0.4 is 10.0 Å². The minimum atomic E-state index is -4.70. The highest BCUT2D eigenvalue weighted by Gasteiger charge is 2.41. The number of thiazole rings is 1. The lowest BCUT2D eigenvalue weighted by atomic mass is 10.1. The van der Waals surface area contributed by atoms with Crippen molar-refractivity contribution in [3.8, 4) is 10.6 Å². The topological polar surface area (TPSA) is 109 Å². The molecule has 0 aliphatic carbocycles. The first-order valence-electron chi connectivity index (χ1n) is 11.6. The van der Waals surface area contributed by atoms with Crippen molar-refractivity contribution < 1.29 is 25.8 Å². The standard InChI is InChI=1S/C18H18ClFN6O3S2/c1-25-8-14(22-9-25)16-7-21-18(30-16)13-6-15(26(2)31(28,29)24-13)17(27)23-10-3-4-12(20)11(19)5-10/h3-5,7-9,13,15,24H,6H2,1-2H3,(H,23,27)/t13-,15+/m0/s1/i1D3,2D3. The van der Waals surface area contributed by atoms with Crippen LogP contribution in [0.15, 0.2) is 36.9 Å². The van der Waals surface area contributed by atoms with Gasteiger partial charge in [-0.1, -0.05) is 11.6 Å². The smallest absolute Gasteiger partial charge is 0.280 e. The SMILES string of the molecule is [2H]C([2H])([2H])N1[C@@H](C(=O)Nc2ccc(F)c(Cl)c2)C[C@@H](c2ncc(-c3cn(C([2H])([2H])[2H])cn3)s2)NS1(=O)=O. The molecule has 0 unspecified atom stereocenters. The van der Waals surface area contributed by atoms with Gasteiger partial charge in [-0.05, 0) is 24.6 Å². The maximum atomic E-state index is 13.5. The number of nitrogens with zero attached hydrogens (tertiary/aromatic N) is 4. The lowest BCUT2D eigenvalue weighted by Crippen LogP contribution is -2.55. The second kappa shape index (κ2) is 8.28. The zero-order chi connectivity index (χ0) is 27.3. The molecule has 9 nitrogen and oxygen atoms in total. The van der Waals surface area contributed by atoms with Gasteiger partial charge in [0, 0.05) is 40.3 Å². The van der Waals surface area contributed by atoms with E-state index in [2.05, 4.69) is 20.0 Å². The third-order valence-corrected chi connectivity index (χ3v) is 7.22. The van der Waals surface area contributed by atoms with Crippen LogP contribution in [0.4, 0.5) is 10.1 Å². The number of benzene rings is 1. The first-order valence-corrected chi connectivity index (χ1v) is 11.3. The van der Waals surface area contributed by atoms with Crippen LogP contribution >= 0.6 is 22.9 Å². The van der Waals surface area contributed by atoms with Crippen molar-refractivity contribution >= 4 is 44.7 Å². The molecule has 164 valence electrons. The fourth-order valence-corrected chi connectivity index (χ4v) is 5.35. The van der Waals surface area contributed by atoms with E-state index in [1.807, 2.05) is 0 Å². The number of anilines is 1. The number of carbonyl (C=O) groups excluding carboxylic acids is 1. The molecule has 0 radical (unpaired) electrons. The Hall–Kier alpha value is -2.38. The summed E-state index contributed by atoms with van der Waals surface area (Å²) in [5.41, 5.74) is 0.320.